The number of β-amino-alcohol motifs (C(OH)–C–C–N with tert-alkyl or cyclic N) is 1. The summed E-state index contributed by atoms with van der Waals surface area (Å²) in [6.07, 6.45) is -4.15. The normalized spacial score (nSPS) is 21.0. The third-order valence-electron chi connectivity index (χ3n) is 2.92. The predicted octanol–water partition coefficient (Wildman–Crippen LogP) is 2.58. The molecular formula is C12H14F3NO. The van der Waals surface area contributed by atoms with E-state index in [1.807, 2.05) is 0 Å². The first-order valence-electron chi connectivity index (χ1n) is 5.48. The van der Waals surface area contributed by atoms with Gasteiger partial charge in [0.15, 0.2) is 0 Å². The van der Waals surface area contributed by atoms with Crippen LogP contribution in [-0.2, 0) is 6.18 Å². The second-order valence-electron chi connectivity index (χ2n) is 4.44. The Morgan fingerprint density at radius 3 is 2.53 bits per heavy atom. The van der Waals surface area contributed by atoms with Crippen LogP contribution in [0.4, 0.5) is 18.9 Å². The van der Waals surface area contributed by atoms with Gasteiger partial charge in [-0.15, -0.1) is 0 Å². The smallest absolute Gasteiger partial charge is 0.391 e. The van der Waals surface area contributed by atoms with Crippen molar-refractivity contribution in [2.45, 2.75) is 25.6 Å². The highest BCUT2D eigenvalue weighted by Crippen LogP contribution is 2.33. The van der Waals surface area contributed by atoms with E-state index in [0.717, 1.165) is 12.1 Å². The zero-order valence-electron chi connectivity index (χ0n) is 9.46. The molecule has 0 unspecified atom stereocenters. The minimum Gasteiger partial charge on any atom is -0.391 e. The average molecular weight is 245 g/mol. The Bertz CT molecular complexity index is 417. The molecule has 2 nitrogen and oxygen atoms in total. The van der Waals surface area contributed by atoms with Crippen LogP contribution in [0.5, 0.6) is 0 Å². The Hall–Kier alpha value is -1.23. The van der Waals surface area contributed by atoms with E-state index in [1.54, 1.807) is 17.9 Å². The highest BCUT2D eigenvalue weighted by molar-refractivity contribution is 5.52. The fraction of sp³-hybridized carbons (Fsp3) is 0.500. The number of hydrogen-bond donors (Lipinski definition) is 1. The van der Waals surface area contributed by atoms with Gasteiger partial charge in [-0.1, -0.05) is 0 Å². The molecule has 94 valence electrons. The van der Waals surface area contributed by atoms with Crippen molar-refractivity contribution in [3.8, 4) is 0 Å². The quantitative estimate of drug-likeness (QED) is 0.822. The molecule has 1 aromatic rings. The Morgan fingerprint density at radius 2 is 2.00 bits per heavy atom. The van der Waals surface area contributed by atoms with Crippen LogP contribution < -0.4 is 4.90 Å². The summed E-state index contributed by atoms with van der Waals surface area (Å²) in [6, 6.07) is 3.99. The largest absolute Gasteiger partial charge is 0.416 e. The highest BCUT2D eigenvalue weighted by Gasteiger charge is 2.32. The second-order valence-corrected chi connectivity index (χ2v) is 4.44. The van der Waals surface area contributed by atoms with E-state index in [2.05, 4.69) is 0 Å². The lowest BCUT2D eigenvalue weighted by atomic mass is 10.1. The zero-order chi connectivity index (χ0) is 12.6. The summed E-state index contributed by atoms with van der Waals surface area (Å²) >= 11 is 0. The first-order chi connectivity index (χ1) is 7.86. The van der Waals surface area contributed by atoms with E-state index < -0.39 is 17.8 Å². The van der Waals surface area contributed by atoms with Crippen molar-refractivity contribution in [2.24, 2.45) is 0 Å². The van der Waals surface area contributed by atoms with Crippen LogP contribution in [0, 0.1) is 6.92 Å². The molecule has 1 atom stereocenters. The number of halogens is 3. The topological polar surface area (TPSA) is 23.5 Å². The Labute approximate surface area is 97.7 Å². The van der Waals surface area contributed by atoms with E-state index in [0.29, 0.717) is 30.8 Å². The van der Waals surface area contributed by atoms with Crippen molar-refractivity contribution in [1.29, 1.82) is 0 Å². The second kappa shape index (κ2) is 4.22. The molecule has 1 aliphatic heterocycles. The summed E-state index contributed by atoms with van der Waals surface area (Å²) in [5.41, 5.74) is 0.485. The number of rotatable bonds is 1. The number of nitrogens with zero attached hydrogens (tertiary/aromatic N) is 1. The fourth-order valence-electron chi connectivity index (χ4n) is 2.09. The summed E-state index contributed by atoms with van der Waals surface area (Å²) in [5.74, 6) is 0. The van der Waals surface area contributed by atoms with E-state index in [1.165, 1.54) is 0 Å². The number of alkyl halides is 3. The van der Waals surface area contributed by atoms with Crippen LogP contribution in [0.25, 0.3) is 0 Å². The number of aryl methyl sites for hydroxylation is 1. The van der Waals surface area contributed by atoms with Crippen LogP contribution in [0.2, 0.25) is 0 Å². The van der Waals surface area contributed by atoms with E-state index in [9.17, 15) is 18.3 Å². The van der Waals surface area contributed by atoms with E-state index in [4.69, 9.17) is 0 Å². The lowest BCUT2D eigenvalue weighted by Crippen LogP contribution is -2.21. The maximum absolute atomic E-state index is 12.6. The standard InChI is InChI=1S/C12H14F3NO/c1-8-4-9(12(13,14)15)6-10(5-8)16-3-2-11(17)7-16/h4-6,11,17H,2-3,7H2,1H3/t11-/m1/s1. The minimum absolute atomic E-state index is 0.404. The van der Waals surface area contributed by atoms with E-state index in [-0.39, 0.29) is 0 Å². The third-order valence-corrected chi connectivity index (χ3v) is 2.92. The molecule has 0 aliphatic carbocycles. The van der Waals surface area contributed by atoms with Crippen LogP contribution in [-0.4, -0.2) is 24.3 Å². The molecule has 0 radical (unpaired) electrons. The zero-order valence-corrected chi connectivity index (χ0v) is 9.46. The molecular weight excluding hydrogens is 231 g/mol. The summed E-state index contributed by atoms with van der Waals surface area (Å²) in [5, 5.41) is 9.40. The molecule has 0 aromatic heterocycles. The molecule has 1 aromatic carbocycles. The molecule has 0 spiro atoms. The van der Waals surface area contributed by atoms with Crippen molar-refractivity contribution in [1.82, 2.24) is 0 Å². The Kier molecular flexibility index (Phi) is 3.03. The first-order valence-corrected chi connectivity index (χ1v) is 5.48. The maximum atomic E-state index is 12.6. The van der Waals surface area contributed by atoms with Gasteiger partial charge in [-0.2, -0.15) is 13.2 Å². The molecule has 0 amide bonds. The lowest BCUT2D eigenvalue weighted by molar-refractivity contribution is -0.137. The van der Waals surface area contributed by atoms with Gasteiger partial charge in [-0.25, -0.2) is 0 Å². The molecule has 2 rings (SSSR count). The van der Waals surface area contributed by atoms with Crippen LogP contribution in [0.15, 0.2) is 18.2 Å². The van der Waals surface area contributed by atoms with Crippen LogP contribution in [0.3, 0.4) is 0 Å². The van der Waals surface area contributed by atoms with Gasteiger partial charge in [0.05, 0.1) is 11.7 Å². The van der Waals surface area contributed by atoms with E-state index >= 15 is 0 Å². The molecule has 5 heteroatoms. The SMILES string of the molecule is Cc1cc(N2CC[C@@H](O)C2)cc(C(F)(F)F)c1. The van der Waals surface area contributed by atoms with Crippen molar-refractivity contribution in [3.63, 3.8) is 0 Å². The summed E-state index contributed by atoms with van der Waals surface area (Å²) in [4.78, 5) is 1.78. The fourth-order valence-corrected chi connectivity index (χ4v) is 2.09. The van der Waals surface area contributed by atoms with Crippen molar-refractivity contribution in [2.75, 3.05) is 18.0 Å². The van der Waals surface area contributed by atoms with Gasteiger partial charge in [0.25, 0.3) is 0 Å². The molecule has 0 saturated carbocycles. The molecule has 1 fully saturated rings. The number of anilines is 1. The molecule has 1 saturated heterocycles. The monoisotopic (exact) mass is 245 g/mol. The molecule has 0 bridgehead atoms. The van der Waals surface area contributed by atoms with Crippen molar-refractivity contribution >= 4 is 5.69 Å². The van der Waals surface area contributed by atoms with Gasteiger partial charge in [0.1, 0.15) is 0 Å². The summed E-state index contributed by atoms with van der Waals surface area (Å²) in [7, 11) is 0. The number of benzene rings is 1. The van der Waals surface area contributed by atoms with Gasteiger partial charge in [-0.05, 0) is 37.1 Å². The summed E-state index contributed by atoms with van der Waals surface area (Å²) in [6.45, 7) is 2.65. The molecule has 1 heterocycles. The predicted molar refractivity (Wildman–Crippen MR) is 59.0 cm³/mol. The van der Waals surface area contributed by atoms with Crippen LogP contribution in [0.1, 0.15) is 17.5 Å². The van der Waals surface area contributed by atoms with Crippen molar-refractivity contribution < 1.29 is 18.3 Å². The maximum Gasteiger partial charge on any atom is 0.416 e. The highest BCUT2D eigenvalue weighted by atomic mass is 19.4. The van der Waals surface area contributed by atoms with Gasteiger partial charge < -0.3 is 10.0 Å². The lowest BCUT2D eigenvalue weighted by Gasteiger charge is -2.20. The van der Waals surface area contributed by atoms with Crippen LogP contribution >= 0.6 is 0 Å². The Morgan fingerprint density at radius 1 is 1.29 bits per heavy atom. The third kappa shape index (κ3) is 2.72. The van der Waals surface area contributed by atoms with Crippen molar-refractivity contribution in [3.05, 3.63) is 29.3 Å². The summed E-state index contributed by atoms with van der Waals surface area (Å²) < 4.78 is 37.9. The number of hydrogen-bond acceptors (Lipinski definition) is 2. The average Bonchev–Trinajstić information content (AvgIpc) is 2.62. The first kappa shape index (κ1) is 12.2. The molecule has 1 aliphatic rings. The number of aliphatic hydroxyl groups excluding tert-OH is 1. The van der Waals surface area contributed by atoms with Gasteiger partial charge >= 0.3 is 6.18 Å². The Balaban J connectivity index is 2.32. The van der Waals surface area contributed by atoms with Gasteiger partial charge in [0.2, 0.25) is 0 Å². The minimum atomic E-state index is -4.32. The van der Waals surface area contributed by atoms with Gasteiger partial charge in [-0.3, -0.25) is 0 Å². The molecule has 17 heavy (non-hydrogen) atoms. The molecule has 1 N–H and O–H groups in total. The number of aliphatic hydroxyl groups is 1. The van der Waals surface area contributed by atoms with Gasteiger partial charge in [0, 0.05) is 18.8 Å².